The van der Waals surface area contributed by atoms with Gasteiger partial charge in [0, 0.05) is 6.61 Å². The molecule has 100 valence electrons. The number of carboxylic acids is 1. The first-order valence-corrected chi connectivity index (χ1v) is 5.94. The molecule has 2 rings (SSSR count). The van der Waals surface area contributed by atoms with Gasteiger partial charge >= 0.3 is 5.97 Å². The zero-order valence-electron chi connectivity index (χ0n) is 10.3. The van der Waals surface area contributed by atoms with Crippen molar-refractivity contribution < 1.29 is 19.3 Å². The van der Waals surface area contributed by atoms with E-state index in [4.69, 9.17) is 9.84 Å². The van der Waals surface area contributed by atoms with Crippen LogP contribution in [0.3, 0.4) is 0 Å². The Kier molecular flexibility index (Phi) is 4.63. The number of aromatic carboxylic acids is 1. The van der Waals surface area contributed by atoms with Crippen LogP contribution in [0.1, 0.15) is 28.2 Å². The molecule has 1 N–H and O–H groups in total. The lowest BCUT2D eigenvalue weighted by Crippen LogP contribution is -2.04. The molecule has 2 aromatic rings. The van der Waals surface area contributed by atoms with Crippen LogP contribution in [0.2, 0.25) is 0 Å². The van der Waals surface area contributed by atoms with Gasteiger partial charge in [-0.25, -0.2) is 9.42 Å². The van der Waals surface area contributed by atoms with Crippen molar-refractivity contribution in [2.45, 2.75) is 19.4 Å². The zero-order valence-corrected chi connectivity index (χ0v) is 10.3. The minimum absolute atomic E-state index is 0.122. The first kappa shape index (κ1) is 13.2. The predicted molar refractivity (Wildman–Crippen MR) is 65.7 cm³/mol. The van der Waals surface area contributed by atoms with Crippen LogP contribution in [0.5, 0.6) is 0 Å². The molecule has 0 aliphatic heterocycles. The van der Waals surface area contributed by atoms with Crippen molar-refractivity contribution in [1.82, 2.24) is 10.3 Å². The van der Waals surface area contributed by atoms with Crippen molar-refractivity contribution in [2.24, 2.45) is 0 Å². The molecule has 0 radical (unpaired) electrons. The molecule has 0 amide bonds. The molecule has 1 aromatic carbocycles. The summed E-state index contributed by atoms with van der Waals surface area (Å²) >= 11 is 0. The van der Waals surface area contributed by atoms with Crippen molar-refractivity contribution >= 4 is 5.97 Å². The summed E-state index contributed by atoms with van der Waals surface area (Å²) in [5.41, 5.74) is 1.34. The Labute approximate surface area is 110 Å². The van der Waals surface area contributed by atoms with Gasteiger partial charge in [-0.3, -0.25) is 0 Å². The van der Waals surface area contributed by atoms with E-state index in [1.54, 1.807) is 0 Å². The van der Waals surface area contributed by atoms with E-state index in [2.05, 4.69) is 14.9 Å². The van der Waals surface area contributed by atoms with Crippen LogP contribution < -0.4 is 0 Å². The zero-order chi connectivity index (χ0) is 13.5. The minimum atomic E-state index is -1.12. The molecule has 0 bridgehead atoms. The maximum absolute atomic E-state index is 10.8. The molecule has 6 nitrogen and oxygen atoms in total. The molecule has 0 aliphatic rings. The van der Waals surface area contributed by atoms with Gasteiger partial charge in [0.1, 0.15) is 5.69 Å². The standard InChI is InChI=1S/C13H14N2O4/c16-13(17)12-11(14-19-15-12)7-4-8-18-9-10-5-2-1-3-6-10/h1-3,5-6H,4,7-9H2,(H,16,17). The molecule has 0 saturated heterocycles. The van der Waals surface area contributed by atoms with Crippen molar-refractivity contribution in [3.8, 4) is 0 Å². The van der Waals surface area contributed by atoms with Crippen LogP contribution in [0.25, 0.3) is 0 Å². The third-order valence-electron chi connectivity index (χ3n) is 2.57. The number of rotatable bonds is 7. The topological polar surface area (TPSA) is 85.5 Å². The Hall–Kier alpha value is -2.21. The highest BCUT2D eigenvalue weighted by Crippen LogP contribution is 2.07. The molecule has 0 fully saturated rings. The monoisotopic (exact) mass is 262 g/mol. The molecule has 19 heavy (non-hydrogen) atoms. The van der Waals surface area contributed by atoms with Gasteiger partial charge in [-0.2, -0.15) is 0 Å². The van der Waals surface area contributed by atoms with Crippen LogP contribution in [0.4, 0.5) is 0 Å². The molecule has 0 saturated carbocycles. The van der Waals surface area contributed by atoms with Crippen molar-refractivity contribution in [2.75, 3.05) is 6.61 Å². The number of hydrogen-bond acceptors (Lipinski definition) is 5. The van der Waals surface area contributed by atoms with Crippen LogP contribution in [-0.4, -0.2) is 28.0 Å². The smallest absolute Gasteiger partial charge is 0.360 e. The number of aryl methyl sites for hydroxylation is 1. The third kappa shape index (κ3) is 3.89. The van der Waals surface area contributed by atoms with Crippen LogP contribution in [0, 0.1) is 0 Å². The summed E-state index contributed by atoms with van der Waals surface area (Å²) in [4.78, 5) is 10.8. The summed E-state index contributed by atoms with van der Waals surface area (Å²) in [6.07, 6.45) is 1.14. The van der Waals surface area contributed by atoms with Crippen molar-refractivity contribution in [3.63, 3.8) is 0 Å². The van der Waals surface area contributed by atoms with E-state index in [1.165, 1.54) is 0 Å². The average molecular weight is 262 g/mol. The number of benzene rings is 1. The molecular weight excluding hydrogens is 248 g/mol. The van der Waals surface area contributed by atoms with Gasteiger partial charge < -0.3 is 9.84 Å². The maximum Gasteiger partial charge on any atom is 0.360 e. The number of carboxylic acid groups (broad SMARTS) is 1. The summed E-state index contributed by atoms with van der Waals surface area (Å²) in [6, 6.07) is 9.85. The summed E-state index contributed by atoms with van der Waals surface area (Å²) < 4.78 is 9.90. The van der Waals surface area contributed by atoms with Gasteiger partial charge in [-0.05, 0) is 23.6 Å². The largest absolute Gasteiger partial charge is 0.476 e. The number of ether oxygens (including phenoxy) is 1. The molecule has 0 spiro atoms. The average Bonchev–Trinajstić information content (AvgIpc) is 2.88. The lowest BCUT2D eigenvalue weighted by atomic mass is 10.2. The molecule has 1 aromatic heterocycles. The fourth-order valence-electron chi connectivity index (χ4n) is 1.64. The van der Waals surface area contributed by atoms with E-state index in [-0.39, 0.29) is 5.69 Å². The Bertz CT molecular complexity index is 524. The lowest BCUT2D eigenvalue weighted by Gasteiger charge is -2.03. The Morgan fingerprint density at radius 1 is 1.26 bits per heavy atom. The third-order valence-corrected chi connectivity index (χ3v) is 2.57. The van der Waals surface area contributed by atoms with E-state index in [1.807, 2.05) is 30.3 Å². The number of hydrogen-bond donors (Lipinski definition) is 1. The van der Waals surface area contributed by atoms with Gasteiger partial charge in [0.05, 0.1) is 6.61 Å². The molecule has 1 heterocycles. The van der Waals surface area contributed by atoms with Gasteiger partial charge in [-0.15, -0.1) is 0 Å². The molecular formula is C13H14N2O4. The molecule has 0 unspecified atom stereocenters. The fraction of sp³-hybridized carbons (Fsp3) is 0.308. The van der Waals surface area contributed by atoms with E-state index in [0.717, 1.165) is 5.56 Å². The summed E-state index contributed by atoms with van der Waals surface area (Å²) in [5.74, 6) is -1.12. The minimum Gasteiger partial charge on any atom is -0.476 e. The Morgan fingerprint density at radius 3 is 2.79 bits per heavy atom. The Balaban J connectivity index is 1.70. The molecule has 0 aliphatic carbocycles. The highest BCUT2D eigenvalue weighted by molar-refractivity contribution is 5.86. The SMILES string of the molecule is O=C(O)c1nonc1CCCOCc1ccccc1. The van der Waals surface area contributed by atoms with Gasteiger partial charge in [0.15, 0.2) is 0 Å². The number of nitrogens with zero attached hydrogens (tertiary/aromatic N) is 2. The van der Waals surface area contributed by atoms with Crippen LogP contribution in [-0.2, 0) is 17.8 Å². The van der Waals surface area contributed by atoms with E-state index in [9.17, 15) is 4.79 Å². The van der Waals surface area contributed by atoms with E-state index >= 15 is 0 Å². The first-order chi connectivity index (χ1) is 9.27. The maximum atomic E-state index is 10.8. The van der Waals surface area contributed by atoms with Gasteiger partial charge in [-0.1, -0.05) is 35.5 Å². The fourth-order valence-corrected chi connectivity index (χ4v) is 1.64. The summed E-state index contributed by atoms with van der Waals surface area (Å²) in [7, 11) is 0. The highest BCUT2D eigenvalue weighted by atomic mass is 16.6. The van der Waals surface area contributed by atoms with E-state index < -0.39 is 5.97 Å². The summed E-state index contributed by atoms with van der Waals surface area (Å²) in [6.45, 7) is 1.07. The summed E-state index contributed by atoms with van der Waals surface area (Å²) in [5, 5.41) is 15.7. The second kappa shape index (κ2) is 6.65. The van der Waals surface area contributed by atoms with Crippen molar-refractivity contribution in [3.05, 3.63) is 47.3 Å². The van der Waals surface area contributed by atoms with Gasteiger partial charge in [0.2, 0.25) is 5.69 Å². The molecule has 6 heteroatoms. The second-order valence-electron chi connectivity index (χ2n) is 4.01. The number of carbonyl (C=O) groups is 1. The predicted octanol–water partition coefficient (Wildman–Crippen LogP) is 1.92. The second-order valence-corrected chi connectivity index (χ2v) is 4.01. The lowest BCUT2D eigenvalue weighted by molar-refractivity contribution is 0.0683. The normalized spacial score (nSPS) is 10.5. The number of aromatic nitrogens is 2. The highest BCUT2D eigenvalue weighted by Gasteiger charge is 2.16. The Morgan fingerprint density at radius 2 is 2.05 bits per heavy atom. The van der Waals surface area contributed by atoms with E-state index in [0.29, 0.717) is 31.7 Å². The quantitative estimate of drug-likeness (QED) is 0.767. The van der Waals surface area contributed by atoms with Crippen LogP contribution >= 0.6 is 0 Å². The first-order valence-electron chi connectivity index (χ1n) is 5.94. The van der Waals surface area contributed by atoms with Crippen LogP contribution in [0.15, 0.2) is 35.0 Å². The van der Waals surface area contributed by atoms with Crippen molar-refractivity contribution in [1.29, 1.82) is 0 Å². The van der Waals surface area contributed by atoms with Gasteiger partial charge in [0.25, 0.3) is 0 Å². The molecule has 0 atom stereocenters.